The van der Waals surface area contributed by atoms with Crippen molar-refractivity contribution in [2.45, 2.75) is 36.6 Å². The number of aromatic amines is 1. The molecule has 3 aromatic heterocycles. The van der Waals surface area contributed by atoms with E-state index in [0.717, 1.165) is 46.1 Å². The lowest BCUT2D eigenvalue weighted by molar-refractivity contribution is 0.0701. The summed E-state index contributed by atoms with van der Waals surface area (Å²) in [5.74, 6) is 1.10. The van der Waals surface area contributed by atoms with Gasteiger partial charge in [-0.25, -0.2) is 4.79 Å². The summed E-state index contributed by atoms with van der Waals surface area (Å²) >= 11 is 2.61. The molecule has 0 bridgehead atoms. The third-order valence-corrected chi connectivity index (χ3v) is 6.64. The van der Waals surface area contributed by atoms with Gasteiger partial charge in [0.2, 0.25) is 5.56 Å². The van der Waals surface area contributed by atoms with E-state index in [4.69, 9.17) is 0 Å². The highest BCUT2D eigenvalue weighted by molar-refractivity contribution is 7.98. The summed E-state index contributed by atoms with van der Waals surface area (Å²) in [4.78, 5) is 26.9. The molecule has 1 aliphatic rings. The number of carboxylic acid groups (broad SMARTS) is 1. The minimum Gasteiger partial charge on any atom is -0.477 e. The molecule has 3 heterocycles. The Hall–Kier alpha value is -2.13. The third kappa shape index (κ3) is 2.87. The number of hydrogen-bond donors (Lipinski definition) is 2. The van der Waals surface area contributed by atoms with Crippen LogP contribution < -0.4 is 5.56 Å². The number of fused-ring (bicyclic) bond motifs is 1. The smallest absolute Gasteiger partial charge is 0.346 e. The van der Waals surface area contributed by atoms with Crippen LogP contribution in [-0.2, 0) is 12.8 Å². The second-order valence-corrected chi connectivity index (χ2v) is 8.15. The van der Waals surface area contributed by atoms with Crippen molar-refractivity contribution in [1.82, 2.24) is 19.7 Å². The predicted molar refractivity (Wildman–Crippen MR) is 96.7 cm³/mol. The van der Waals surface area contributed by atoms with E-state index in [2.05, 4.69) is 15.2 Å². The molecule has 3 aromatic rings. The predicted octanol–water partition coefficient (Wildman–Crippen LogP) is 2.89. The van der Waals surface area contributed by atoms with Gasteiger partial charge in [-0.15, -0.1) is 21.5 Å². The molecule has 2 N–H and O–H groups in total. The van der Waals surface area contributed by atoms with Gasteiger partial charge in [-0.2, -0.15) is 0 Å². The van der Waals surface area contributed by atoms with Crippen LogP contribution in [0.15, 0.2) is 16.0 Å². The SMILES string of the molecule is Cc1c(C(=O)O)sc2[nH]c(=O)cc(CSc3nnc(C4CC4)n3C)c12. The average molecular weight is 376 g/mol. The van der Waals surface area contributed by atoms with Gasteiger partial charge in [0, 0.05) is 30.2 Å². The molecule has 130 valence electrons. The number of rotatable bonds is 5. The van der Waals surface area contributed by atoms with E-state index in [1.165, 1.54) is 11.8 Å². The topological polar surface area (TPSA) is 101 Å². The van der Waals surface area contributed by atoms with Crippen LogP contribution in [0.3, 0.4) is 0 Å². The van der Waals surface area contributed by atoms with Crippen molar-refractivity contribution in [2.75, 3.05) is 0 Å². The van der Waals surface area contributed by atoms with E-state index in [9.17, 15) is 14.7 Å². The Labute approximate surface area is 151 Å². The zero-order valence-electron chi connectivity index (χ0n) is 13.7. The van der Waals surface area contributed by atoms with Gasteiger partial charge in [0.05, 0.1) is 0 Å². The largest absolute Gasteiger partial charge is 0.477 e. The number of nitrogens with one attached hydrogen (secondary N) is 1. The first-order chi connectivity index (χ1) is 12.0. The Bertz CT molecular complexity index is 1050. The van der Waals surface area contributed by atoms with E-state index in [1.807, 2.05) is 11.6 Å². The van der Waals surface area contributed by atoms with E-state index < -0.39 is 5.97 Å². The molecular weight excluding hydrogens is 360 g/mol. The summed E-state index contributed by atoms with van der Waals surface area (Å²) < 4.78 is 2.01. The maximum Gasteiger partial charge on any atom is 0.346 e. The van der Waals surface area contributed by atoms with E-state index >= 15 is 0 Å². The Balaban J connectivity index is 1.69. The highest BCUT2D eigenvalue weighted by Crippen LogP contribution is 2.40. The first-order valence-corrected chi connectivity index (χ1v) is 9.66. The standard InChI is InChI=1S/C16H16N4O3S2/c1-7-11-9(5-10(21)17-14(11)25-12(7)15(22)23)6-24-16-19-18-13(20(16)2)8-3-4-8/h5,8H,3-4,6H2,1-2H3,(H,17,21)(H,22,23). The van der Waals surface area contributed by atoms with Crippen molar-refractivity contribution >= 4 is 39.3 Å². The quantitative estimate of drug-likeness (QED) is 0.664. The fraction of sp³-hybridized carbons (Fsp3) is 0.375. The van der Waals surface area contributed by atoms with Crippen LogP contribution in [0.2, 0.25) is 0 Å². The lowest BCUT2D eigenvalue weighted by atomic mass is 10.1. The Kier molecular flexibility index (Phi) is 3.92. The van der Waals surface area contributed by atoms with E-state index in [-0.39, 0.29) is 10.4 Å². The summed E-state index contributed by atoms with van der Waals surface area (Å²) in [6.07, 6.45) is 2.33. The number of hydrogen-bond acceptors (Lipinski definition) is 6. The number of thioether (sulfide) groups is 1. The molecule has 0 saturated heterocycles. The summed E-state index contributed by atoms with van der Waals surface area (Å²) in [6.45, 7) is 1.78. The second-order valence-electron chi connectivity index (χ2n) is 6.19. The molecule has 1 saturated carbocycles. The Morgan fingerprint density at radius 1 is 1.48 bits per heavy atom. The molecule has 4 rings (SSSR count). The molecular formula is C16H16N4O3S2. The summed E-state index contributed by atoms with van der Waals surface area (Å²) in [7, 11) is 1.96. The van der Waals surface area contributed by atoms with Gasteiger partial charge >= 0.3 is 5.97 Å². The van der Waals surface area contributed by atoms with Gasteiger partial charge in [0.15, 0.2) is 5.16 Å². The number of H-pyrrole nitrogens is 1. The van der Waals surface area contributed by atoms with Crippen LogP contribution in [0.4, 0.5) is 0 Å². The van der Waals surface area contributed by atoms with Gasteiger partial charge in [-0.1, -0.05) is 11.8 Å². The van der Waals surface area contributed by atoms with Crippen LogP contribution in [0.25, 0.3) is 10.2 Å². The van der Waals surface area contributed by atoms with Gasteiger partial charge in [-0.05, 0) is 30.9 Å². The number of thiophene rings is 1. The molecule has 0 aromatic carbocycles. The number of carboxylic acids is 1. The minimum absolute atomic E-state index is 0.224. The molecule has 9 heteroatoms. The number of aryl methyl sites for hydroxylation is 1. The molecule has 0 spiro atoms. The lowest BCUT2D eigenvalue weighted by Crippen LogP contribution is -2.05. The number of pyridine rings is 1. The summed E-state index contributed by atoms with van der Waals surface area (Å²) in [6, 6.07) is 1.54. The van der Waals surface area contributed by atoms with Crippen LogP contribution >= 0.6 is 23.1 Å². The number of aromatic carboxylic acids is 1. The average Bonchev–Trinajstić information content (AvgIpc) is 3.25. The Morgan fingerprint density at radius 2 is 2.24 bits per heavy atom. The monoisotopic (exact) mass is 376 g/mol. The van der Waals surface area contributed by atoms with Crippen LogP contribution in [0.1, 0.15) is 45.4 Å². The normalized spacial score (nSPS) is 14.3. The molecule has 0 radical (unpaired) electrons. The molecule has 1 fully saturated rings. The number of aromatic nitrogens is 4. The van der Waals surface area contributed by atoms with Crippen molar-refractivity contribution in [1.29, 1.82) is 0 Å². The summed E-state index contributed by atoms with van der Waals surface area (Å²) in [5, 5.41) is 19.5. The van der Waals surface area contributed by atoms with Crippen molar-refractivity contribution in [3.8, 4) is 0 Å². The molecule has 25 heavy (non-hydrogen) atoms. The molecule has 0 atom stereocenters. The highest BCUT2D eigenvalue weighted by Gasteiger charge is 2.29. The van der Waals surface area contributed by atoms with Crippen molar-refractivity contribution < 1.29 is 9.90 Å². The zero-order valence-corrected chi connectivity index (χ0v) is 15.3. The fourth-order valence-electron chi connectivity index (χ4n) is 2.98. The lowest BCUT2D eigenvalue weighted by Gasteiger charge is -2.05. The number of nitrogens with zero attached hydrogens (tertiary/aromatic N) is 3. The Morgan fingerprint density at radius 3 is 2.92 bits per heavy atom. The minimum atomic E-state index is -0.972. The highest BCUT2D eigenvalue weighted by atomic mass is 32.2. The van der Waals surface area contributed by atoms with Crippen LogP contribution in [0.5, 0.6) is 0 Å². The van der Waals surface area contributed by atoms with Gasteiger partial charge in [0.1, 0.15) is 15.5 Å². The second kappa shape index (κ2) is 5.99. The summed E-state index contributed by atoms with van der Waals surface area (Å²) in [5.41, 5.74) is 1.29. The van der Waals surface area contributed by atoms with Gasteiger partial charge in [0.25, 0.3) is 0 Å². The van der Waals surface area contributed by atoms with Crippen molar-refractivity contribution in [2.24, 2.45) is 7.05 Å². The zero-order chi connectivity index (χ0) is 17.7. The molecule has 0 unspecified atom stereocenters. The van der Waals surface area contributed by atoms with Crippen LogP contribution in [-0.4, -0.2) is 30.8 Å². The van der Waals surface area contributed by atoms with Crippen molar-refractivity contribution in [3.63, 3.8) is 0 Å². The van der Waals surface area contributed by atoms with Crippen molar-refractivity contribution in [3.05, 3.63) is 38.2 Å². The van der Waals surface area contributed by atoms with E-state index in [0.29, 0.717) is 22.1 Å². The molecule has 0 aliphatic heterocycles. The van der Waals surface area contributed by atoms with E-state index in [1.54, 1.807) is 13.0 Å². The fourth-order valence-corrected chi connectivity index (χ4v) is 4.96. The molecule has 7 nitrogen and oxygen atoms in total. The third-order valence-electron chi connectivity index (χ3n) is 4.37. The maximum absolute atomic E-state index is 11.9. The first-order valence-electron chi connectivity index (χ1n) is 7.86. The van der Waals surface area contributed by atoms with Gasteiger partial charge < -0.3 is 14.7 Å². The number of carbonyl (C=O) groups is 1. The maximum atomic E-state index is 11.9. The first kappa shape index (κ1) is 16.3. The van der Waals surface area contributed by atoms with Gasteiger partial charge in [-0.3, -0.25) is 4.79 Å². The van der Waals surface area contributed by atoms with Crippen LogP contribution in [0, 0.1) is 6.92 Å². The molecule has 0 amide bonds. The molecule has 1 aliphatic carbocycles.